The summed E-state index contributed by atoms with van der Waals surface area (Å²) in [5.74, 6) is 0.241. The van der Waals surface area contributed by atoms with Gasteiger partial charge in [0, 0.05) is 38.3 Å². The van der Waals surface area contributed by atoms with E-state index in [2.05, 4.69) is 28.4 Å². The zero-order valence-electron chi connectivity index (χ0n) is 16.5. The number of nitrogens with zero attached hydrogens (tertiary/aromatic N) is 2. The van der Waals surface area contributed by atoms with E-state index < -0.39 is 0 Å². The summed E-state index contributed by atoms with van der Waals surface area (Å²) in [5.41, 5.74) is 3.33. The average Bonchev–Trinajstić information content (AvgIpc) is 3.28. The number of carbonyl (C=O) groups is 2. The highest BCUT2D eigenvalue weighted by Crippen LogP contribution is 2.33. The Balaban J connectivity index is 1.47. The number of hydrogen-bond donors (Lipinski definition) is 1. The molecule has 0 radical (unpaired) electrons. The fourth-order valence-electron chi connectivity index (χ4n) is 3.74. The Bertz CT molecular complexity index is 882. The normalized spacial score (nSPS) is 16.3. The van der Waals surface area contributed by atoms with E-state index in [9.17, 15) is 9.59 Å². The van der Waals surface area contributed by atoms with E-state index in [0.717, 1.165) is 36.5 Å². The van der Waals surface area contributed by atoms with E-state index in [4.69, 9.17) is 0 Å². The highest BCUT2D eigenvalue weighted by molar-refractivity contribution is 7.18. The summed E-state index contributed by atoms with van der Waals surface area (Å²) in [6.45, 7) is 4.68. The van der Waals surface area contributed by atoms with Crippen molar-refractivity contribution in [3.63, 3.8) is 0 Å². The Morgan fingerprint density at radius 3 is 2.64 bits per heavy atom. The van der Waals surface area contributed by atoms with E-state index in [1.807, 2.05) is 26.1 Å². The lowest BCUT2D eigenvalue weighted by atomic mass is 10.1. The summed E-state index contributed by atoms with van der Waals surface area (Å²) in [4.78, 5) is 29.9. The number of thiophene rings is 1. The van der Waals surface area contributed by atoms with Crippen molar-refractivity contribution >= 4 is 33.8 Å². The molecule has 4 rings (SSSR count). The van der Waals surface area contributed by atoms with Gasteiger partial charge in [-0.05, 0) is 55.9 Å². The molecular formula is C22H27N3O2S. The molecule has 2 aromatic rings. The number of carbonyl (C=O) groups excluding carboxylic acids is 2. The number of benzene rings is 1. The maximum Gasteiger partial charge on any atom is 0.264 e. The number of aryl methyl sites for hydroxylation is 1. The van der Waals surface area contributed by atoms with Crippen LogP contribution in [0.1, 0.15) is 46.5 Å². The van der Waals surface area contributed by atoms with Gasteiger partial charge in [-0.15, -0.1) is 11.3 Å². The van der Waals surface area contributed by atoms with Gasteiger partial charge in [0.1, 0.15) is 0 Å². The molecule has 2 fully saturated rings. The largest absolute Gasteiger partial charge is 0.371 e. The van der Waals surface area contributed by atoms with Crippen LogP contribution in [0.25, 0.3) is 0 Å². The van der Waals surface area contributed by atoms with E-state index in [1.54, 1.807) is 4.90 Å². The molecule has 0 spiro atoms. The Hall–Kier alpha value is -2.34. The van der Waals surface area contributed by atoms with Crippen LogP contribution in [0.5, 0.6) is 0 Å². The maximum atomic E-state index is 13.1. The number of rotatable bonds is 6. The molecule has 2 heterocycles. The lowest BCUT2D eigenvalue weighted by Crippen LogP contribution is -2.27. The summed E-state index contributed by atoms with van der Waals surface area (Å²) < 4.78 is 0. The van der Waals surface area contributed by atoms with Gasteiger partial charge in [-0.3, -0.25) is 9.59 Å². The smallest absolute Gasteiger partial charge is 0.264 e. The Kier molecular flexibility index (Phi) is 5.40. The van der Waals surface area contributed by atoms with Gasteiger partial charge >= 0.3 is 0 Å². The molecule has 1 saturated carbocycles. The van der Waals surface area contributed by atoms with Crippen molar-refractivity contribution in [3.05, 3.63) is 46.3 Å². The van der Waals surface area contributed by atoms with Gasteiger partial charge in [0.05, 0.1) is 9.88 Å². The molecule has 6 heteroatoms. The Morgan fingerprint density at radius 2 is 1.93 bits per heavy atom. The first kappa shape index (κ1) is 19.0. The quantitative estimate of drug-likeness (QED) is 0.792. The molecule has 2 aliphatic rings. The summed E-state index contributed by atoms with van der Waals surface area (Å²) in [5, 5.41) is 3.72. The number of amides is 2. The molecule has 1 aromatic carbocycles. The highest BCUT2D eigenvalue weighted by Gasteiger charge is 2.30. The first-order chi connectivity index (χ1) is 13.5. The van der Waals surface area contributed by atoms with Crippen molar-refractivity contribution in [2.75, 3.05) is 30.4 Å². The number of hydrogen-bond acceptors (Lipinski definition) is 4. The minimum absolute atomic E-state index is 0.00523. The van der Waals surface area contributed by atoms with Crippen molar-refractivity contribution in [2.45, 2.75) is 39.2 Å². The topological polar surface area (TPSA) is 52.7 Å². The van der Waals surface area contributed by atoms with Crippen LogP contribution >= 0.6 is 11.3 Å². The minimum atomic E-state index is 0.00523. The van der Waals surface area contributed by atoms with Crippen LogP contribution in [-0.4, -0.2) is 36.9 Å². The van der Waals surface area contributed by atoms with Crippen LogP contribution in [0.4, 0.5) is 10.7 Å². The molecule has 148 valence electrons. The van der Waals surface area contributed by atoms with Gasteiger partial charge in [0.2, 0.25) is 5.91 Å². The fourth-order valence-corrected chi connectivity index (χ4v) is 4.81. The molecule has 1 saturated heterocycles. The third-order valence-corrected chi connectivity index (χ3v) is 6.64. The first-order valence-electron chi connectivity index (χ1n) is 10.0. The van der Waals surface area contributed by atoms with Crippen LogP contribution in [0.3, 0.4) is 0 Å². The van der Waals surface area contributed by atoms with Crippen molar-refractivity contribution in [1.29, 1.82) is 0 Å². The van der Waals surface area contributed by atoms with Gasteiger partial charge in [-0.2, -0.15) is 0 Å². The lowest BCUT2D eigenvalue weighted by molar-refractivity contribution is -0.117. The SMILES string of the molecule is Cc1cc(NC(=O)C2CC2)sc1C(=O)N(C)Cc1ccccc1N1CCCC1. The lowest BCUT2D eigenvalue weighted by Gasteiger charge is -2.24. The van der Waals surface area contributed by atoms with E-state index in [1.165, 1.54) is 35.4 Å². The van der Waals surface area contributed by atoms with E-state index in [-0.39, 0.29) is 17.7 Å². The van der Waals surface area contributed by atoms with Gasteiger partial charge in [0.15, 0.2) is 0 Å². The molecule has 0 bridgehead atoms. The molecule has 5 nitrogen and oxygen atoms in total. The van der Waals surface area contributed by atoms with Crippen LogP contribution in [0.15, 0.2) is 30.3 Å². The summed E-state index contributed by atoms with van der Waals surface area (Å²) in [6, 6.07) is 10.3. The number of anilines is 2. The van der Waals surface area contributed by atoms with Gasteiger partial charge in [-0.25, -0.2) is 0 Å². The van der Waals surface area contributed by atoms with Crippen molar-refractivity contribution < 1.29 is 9.59 Å². The average molecular weight is 398 g/mol. The van der Waals surface area contributed by atoms with Crippen molar-refractivity contribution in [1.82, 2.24) is 4.90 Å². The number of nitrogens with one attached hydrogen (secondary N) is 1. The van der Waals surface area contributed by atoms with Crippen molar-refractivity contribution in [2.24, 2.45) is 5.92 Å². The maximum absolute atomic E-state index is 13.1. The van der Waals surface area contributed by atoms with Crippen LogP contribution in [-0.2, 0) is 11.3 Å². The Morgan fingerprint density at radius 1 is 1.21 bits per heavy atom. The van der Waals surface area contributed by atoms with E-state index in [0.29, 0.717) is 11.4 Å². The van der Waals surface area contributed by atoms with Crippen LogP contribution in [0.2, 0.25) is 0 Å². The molecule has 28 heavy (non-hydrogen) atoms. The molecule has 1 aliphatic carbocycles. The summed E-state index contributed by atoms with van der Waals surface area (Å²) in [7, 11) is 1.85. The highest BCUT2D eigenvalue weighted by atomic mass is 32.1. The standard InChI is InChI=1S/C22H27N3O2S/c1-15-13-19(23-21(26)16-9-10-16)28-20(15)22(27)24(2)14-17-7-3-4-8-18(17)25-11-5-6-12-25/h3-4,7-8,13,16H,5-6,9-12,14H2,1-2H3,(H,23,26). The van der Waals surface area contributed by atoms with Crippen molar-refractivity contribution in [3.8, 4) is 0 Å². The molecule has 0 atom stereocenters. The second-order valence-corrected chi connectivity index (χ2v) is 8.92. The molecule has 0 unspecified atom stereocenters. The summed E-state index contributed by atoms with van der Waals surface area (Å²) in [6.07, 6.45) is 4.40. The fraction of sp³-hybridized carbons (Fsp3) is 0.455. The van der Waals surface area contributed by atoms with E-state index >= 15 is 0 Å². The predicted molar refractivity (Wildman–Crippen MR) is 114 cm³/mol. The van der Waals surface area contributed by atoms with Crippen LogP contribution in [0, 0.1) is 12.8 Å². The van der Waals surface area contributed by atoms with Gasteiger partial charge in [0.25, 0.3) is 5.91 Å². The van der Waals surface area contributed by atoms with Gasteiger partial charge < -0.3 is 15.1 Å². The molecule has 1 aromatic heterocycles. The zero-order chi connectivity index (χ0) is 19.7. The minimum Gasteiger partial charge on any atom is -0.371 e. The van der Waals surface area contributed by atoms with Crippen LogP contribution < -0.4 is 10.2 Å². The predicted octanol–water partition coefficient (Wildman–Crippen LogP) is 4.28. The third-order valence-electron chi connectivity index (χ3n) is 5.50. The second kappa shape index (κ2) is 7.95. The second-order valence-electron chi connectivity index (χ2n) is 7.87. The third kappa shape index (κ3) is 4.07. The number of para-hydroxylation sites is 1. The Labute approximate surface area is 170 Å². The molecule has 1 N–H and O–H groups in total. The molecule has 1 aliphatic heterocycles. The molecule has 2 amide bonds. The molecular weight excluding hydrogens is 370 g/mol. The van der Waals surface area contributed by atoms with Gasteiger partial charge in [-0.1, -0.05) is 18.2 Å². The summed E-state index contributed by atoms with van der Waals surface area (Å²) >= 11 is 1.38. The monoisotopic (exact) mass is 397 g/mol. The zero-order valence-corrected chi connectivity index (χ0v) is 17.3. The first-order valence-corrected chi connectivity index (χ1v) is 10.8.